The molecule has 0 unspecified atom stereocenters. The molecule has 0 spiro atoms. The van der Waals surface area contributed by atoms with Gasteiger partial charge in [-0.1, -0.05) is 41.4 Å². The summed E-state index contributed by atoms with van der Waals surface area (Å²) >= 11 is 5.91. The van der Waals surface area contributed by atoms with Gasteiger partial charge in [-0.05, 0) is 50.7 Å². The van der Waals surface area contributed by atoms with Crippen LogP contribution < -0.4 is 5.32 Å². The lowest BCUT2D eigenvalue weighted by Gasteiger charge is -2.17. The van der Waals surface area contributed by atoms with Gasteiger partial charge in [0.05, 0.1) is 17.9 Å². The number of carbonyl (C=O) groups is 1. The Balaban J connectivity index is 1.65. The Kier molecular flexibility index (Phi) is 5.94. The molecule has 5 nitrogen and oxygen atoms in total. The topological polar surface area (TPSA) is 50.2 Å². The van der Waals surface area contributed by atoms with E-state index in [2.05, 4.69) is 10.4 Å². The van der Waals surface area contributed by atoms with Crippen LogP contribution in [-0.2, 0) is 11.3 Å². The summed E-state index contributed by atoms with van der Waals surface area (Å²) < 4.78 is 1.76. The minimum absolute atomic E-state index is 0.0836. The van der Waals surface area contributed by atoms with E-state index in [-0.39, 0.29) is 12.5 Å². The molecular formula is C21H23ClN4O. The number of rotatable bonds is 6. The van der Waals surface area contributed by atoms with E-state index in [1.54, 1.807) is 4.68 Å². The third kappa shape index (κ3) is 5.18. The van der Waals surface area contributed by atoms with Crippen molar-refractivity contribution in [1.82, 2.24) is 14.7 Å². The number of carbonyl (C=O) groups excluding carboxylic acids is 1. The summed E-state index contributed by atoms with van der Waals surface area (Å²) in [6, 6.07) is 17.5. The molecular weight excluding hydrogens is 360 g/mol. The second-order valence-corrected chi connectivity index (χ2v) is 7.20. The molecule has 1 aromatic heterocycles. The Labute approximate surface area is 164 Å². The first-order valence-corrected chi connectivity index (χ1v) is 9.15. The van der Waals surface area contributed by atoms with Crippen LogP contribution >= 0.6 is 11.6 Å². The molecule has 140 valence electrons. The van der Waals surface area contributed by atoms with Crippen LogP contribution in [0.3, 0.4) is 0 Å². The van der Waals surface area contributed by atoms with E-state index in [1.165, 1.54) is 5.56 Å². The Hall–Kier alpha value is -2.63. The molecule has 0 radical (unpaired) electrons. The highest BCUT2D eigenvalue weighted by Gasteiger charge is 2.13. The molecule has 3 rings (SSSR count). The zero-order chi connectivity index (χ0) is 19.4. The number of hydrogen-bond donors (Lipinski definition) is 1. The third-order valence-corrected chi connectivity index (χ3v) is 4.41. The minimum atomic E-state index is -0.0836. The van der Waals surface area contributed by atoms with Crippen molar-refractivity contribution in [3.63, 3.8) is 0 Å². The smallest absolute Gasteiger partial charge is 0.239 e. The SMILES string of the molecule is Cc1ccc(-n2nc(C)cc2NC(=O)CN(C)Cc2ccc(Cl)cc2)cc1. The molecule has 0 atom stereocenters. The first-order valence-electron chi connectivity index (χ1n) is 8.77. The largest absolute Gasteiger partial charge is 0.309 e. The number of amides is 1. The van der Waals surface area contributed by atoms with Gasteiger partial charge in [0.25, 0.3) is 0 Å². The third-order valence-electron chi connectivity index (χ3n) is 4.16. The van der Waals surface area contributed by atoms with Gasteiger partial charge >= 0.3 is 0 Å². The van der Waals surface area contributed by atoms with Crippen LogP contribution in [-0.4, -0.2) is 34.2 Å². The first kappa shape index (κ1) is 19.1. The van der Waals surface area contributed by atoms with Gasteiger partial charge < -0.3 is 5.32 Å². The predicted molar refractivity (Wildman–Crippen MR) is 109 cm³/mol. The van der Waals surface area contributed by atoms with Gasteiger partial charge in [0.2, 0.25) is 5.91 Å². The van der Waals surface area contributed by atoms with Crippen LogP contribution in [0.25, 0.3) is 5.69 Å². The highest BCUT2D eigenvalue weighted by molar-refractivity contribution is 6.30. The molecule has 0 fully saturated rings. The zero-order valence-electron chi connectivity index (χ0n) is 15.7. The van der Waals surface area contributed by atoms with Crippen LogP contribution in [0.4, 0.5) is 5.82 Å². The number of likely N-dealkylation sites (N-methyl/N-ethyl adjacent to an activating group) is 1. The Morgan fingerprint density at radius 3 is 2.44 bits per heavy atom. The summed E-state index contributed by atoms with van der Waals surface area (Å²) in [5.41, 5.74) is 4.05. The fourth-order valence-corrected chi connectivity index (χ4v) is 2.98. The second-order valence-electron chi connectivity index (χ2n) is 6.77. The van der Waals surface area contributed by atoms with Gasteiger partial charge in [-0.25, -0.2) is 4.68 Å². The van der Waals surface area contributed by atoms with E-state index in [9.17, 15) is 4.79 Å². The molecule has 1 N–H and O–H groups in total. The van der Waals surface area contributed by atoms with Gasteiger partial charge in [-0.2, -0.15) is 5.10 Å². The highest BCUT2D eigenvalue weighted by atomic mass is 35.5. The Morgan fingerprint density at radius 1 is 1.11 bits per heavy atom. The molecule has 3 aromatic rings. The lowest BCUT2D eigenvalue weighted by molar-refractivity contribution is -0.117. The zero-order valence-corrected chi connectivity index (χ0v) is 16.5. The average Bonchev–Trinajstić information content (AvgIpc) is 2.97. The predicted octanol–water partition coefficient (Wildman–Crippen LogP) is 4.21. The van der Waals surface area contributed by atoms with Crippen molar-refractivity contribution >= 4 is 23.3 Å². The molecule has 6 heteroatoms. The maximum Gasteiger partial charge on any atom is 0.239 e. The Bertz CT molecular complexity index is 916. The maximum atomic E-state index is 12.5. The number of anilines is 1. The standard InChI is InChI=1S/C21H23ClN4O/c1-15-4-10-19(11-5-15)26-20(12-16(2)24-26)23-21(27)14-25(3)13-17-6-8-18(22)9-7-17/h4-12H,13-14H2,1-3H3,(H,23,27). The lowest BCUT2D eigenvalue weighted by atomic mass is 10.2. The monoisotopic (exact) mass is 382 g/mol. The number of aryl methyl sites for hydroxylation is 2. The molecule has 0 aliphatic heterocycles. The summed E-state index contributed by atoms with van der Waals surface area (Å²) in [7, 11) is 1.91. The van der Waals surface area contributed by atoms with Gasteiger partial charge in [-0.3, -0.25) is 9.69 Å². The van der Waals surface area contributed by atoms with Crippen molar-refractivity contribution in [1.29, 1.82) is 0 Å². The number of nitrogens with one attached hydrogen (secondary N) is 1. The van der Waals surface area contributed by atoms with Gasteiger partial charge in [0, 0.05) is 17.6 Å². The van der Waals surface area contributed by atoms with E-state index in [1.807, 2.05) is 80.4 Å². The van der Waals surface area contributed by atoms with E-state index in [4.69, 9.17) is 11.6 Å². The number of benzene rings is 2. The average molecular weight is 383 g/mol. The normalized spacial score (nSPS) is 11.0. The molecule has 2 aromatic carbocycles. The minimum Gasteiger partial charge on any atom is -0.309 e. The number of hydrogen-bond acceptors (Lipinski definition) is 3. The van der Waals surface area contributed by atoms with E-state index >= 15 is 0 Å². The highest BCUT2D eigenvalue weighted by Crippen LogP contribution is 2.18. The fourth-order valence-electron chi connectivity index (χ4n) is 2.86. The first-order chi connectivity index (χ1) is 12.9. The fraction of sp³-hybridized carbons (Fsp3) is 0.238. The van der Waals surface area contributed by atoms with Crippen LogP contribution in [0.15, 0.2) is 54.6 Å². The van der Waals surface area contributed by atoms with Gasteiger partial charge in [-0.15, -0.1) is 0 Å². The van der Waals surface area contributed by atoms with E-state index in [0.717, 1.165) is 16.9 Å². The van der Waals surface area contributed by atoms with Crippen molar-refractivity contribution in [2.24, 2.45) is 0 Å². The molecule has 0 saturated heterocycles. The van der Waals surface area contributed by atoms with E-state index < -0.39 is 0 Å². The summed E-state index contributed by atoms with van der Waals surface area (Å²) in [6.45, 7) is 4.89. The molecule has 0 aliphatic carbocycles. The van der Waals surface area contributed by atoms with Crippen LogP contribution in [0, 0.1) is 13.8 Å². The molecule has 0 bridgehead atoms. The number of halogens is 1. The quantitative estimate of drug-likeness (QED) is 0.694. The summed E-state index contributed by atoms with van der Waals surface area (Å²) in [5.74, 6) is 0.584. The summed E-state index contributed by atoms with van der Waals surface area (Å²) in [4.78, 5) is 14.5. The molecule has 0 aliphatic rings. The van der Waals surface area contributed by atoms with Crippen molar-refractivity contribution in [3.8, 4) is 5.69 Å². The number of aromatic nitrogens is 2. The molecule has 1 heterocycles. The van der Waals surface area contributed by atoms with Crippen molar-refractivity contribution < 1.29 is 4.79 Å². The van der Waals surface area contributed by atoms with Crippen molar-refractivity contribution in [3.05, 3.63) is 76.4 Å². The Morgan fingerprint density at radius 2 is 1.78 bits per heavy atom. The summed E-state index contributed by atoms with van der Waals surface area (Å²) in [6.07, 6.45) is 0. The van der Waals surface area contributed by atoms with Crippen LogP contribution in [0.2, 0.25) is 5.02 Å². The van der Waals surface area contributed by atoms with Gasteiger partial charge in [0.15, 0.2) is 0 Å². The summed E-state index contributed by atoms with van der Waals surface area (Å²) in [5, 5.41) is 8.17. The maximum absolute atomic E-state index is 12.5. The molecule has 0 saturated carbocycles. The lowest BCUT2D eigenvalue weighted by Crippen LogP contribution is -2.30. The molecule has 27 heavy (non-hydrogen) atoms. The number of nitrogens with zero attached hydrogens (tertiary/aromatic N) is 3. The van der Waals surface area contributed by atoms with Crippen molar-refractivity contribution in [2.75, 3.05) is 18.9 Å². The van der Waals surface area contributed by atoms with Crippen LogP contribution in [0.5, 0.6) is 0 Å². The van der Waals surface area contributed by atoms with Gasteiger partial charge in [0.1, 0.15) is 5.82 Å². The van der Waals surface area contributed by atoms with E-state index in [0.29, 0.717) is 17.4 Å². The van der Waals surface area contributed by atoms with Crippen LogP contribution in [0.1, 0.15) is 16.8 Å². The molecule has 1 amide bonds. The van der Waals surface area contributed by atoms with Crippen molar-refractivity contribution in [2.45, 2.75) is 20.4 Å². The second kappa shape index (κ2) is 8.37.